The fraction of sp³-hybridized carbons (Fsp3) is 0.0714. The number of aromatic nitrogens is 2. The van der Waals surface area contributed by atoms with Crippen LogP contribution in [0.25, 0.3) is 11.4 Å². The summed E-state index contributed by atoms with van der Waals surface area (Å²) in [6, 6.07) is 34.9. The van der Waals surface area contributed by atoms with Gasteiger partial charge in [0.15, 0.2) is 0 Å². The SMILES string of the molecule is c1ccc2c(c1)NC(c1ccc(C3Nc4ccccc4-n4cccc43)cc1)c1cccn1-2. The summed E-state index contributed by atoms with van der Waals surface area (Å²) >= 11 is 0. The lowest BCUT2D eigenvalue weighted by Crippen LogP contribution is -2.23. The van der Waals surface area contributed by atoms with Crippen LogP contribution in [0.5, 0.6) is 0 Å². The second-order valence-electron chi connectivity index (χ2n) is 8.46. The third kappa shape index (κ3) is 2.50. The molecule has 4 heterocycles. The predicted octanol–water partition coefficient (Wildman–Crippen LogP) is 6.30. The summed E-state index contributed by atoms with van der Waals surface area (Å²) in [6.07, 6.45) is 4.29. The Kier molecular flexibility index (Phi) is 3.64. The van der Waals surface area contributed by atoms with Crippen LogP contribution in [-0.2, 0) is 0 Å². The smallest absolute Gasteiger partial charge is 0.0924 e. The van der Waals surface area contributed by atoms with Crippen LogP contribution in [-0.4, -0.2) is 9.13 Å². The topological polar surface area (TPSA) is 33.9 Å². The summed E-state index contributed by atoms with van der Waals surface area (Å²) in [5.74, 6) is 0. The van der Waals surface area contributed by atoms with Gasteiger partial charge in [0.1, 0.15) is 0 Å². The van der Waals surface area contributed by atoms with E-state index >= 15 is 0 Å². The van der Waals surface area contributed by atoms with Crippen molar-refractivity contribution in [3.8, 4) is 11.4 Å². The van der Waals surface area contributed by atoms with Crippen LogP contribution in [0.1, 0.15) is 34.6 Å². The third-order valence-corrected chi connectivity index (χ3v) is 6.68. The number of para-hydroxylation sites is 4. The van der Waals surface area contributed by atoms with Gasteiger partial charge < -0.3 is 19.8 Å². The molecule has 0 amide bonds. The van der Waals surface area contributed by atoms with E-state index < -0.39 is 0 Å². The fourth-order valence-corrected chi connectivity index (χ4v) is 5.16. The Bertz CT molecular complexity index is 1330. The number of hydrogen-bond acceptors (Lipinski definition) is 2. The van der Waals surface area contributed by atoms with Gasteiger partial charge in [-0.25, -0.2) is 0 Å². The molecule has 3 aromatic carbocycles. The van der Waals surface area contributed by atoms with E-state index in [-0.39, 0.29) is 12.1 Å². The third-order valence-electron chi connectivity index (χ3n) is 6.68. The molecule has 0 saturated heterocycles. The molecule has 0 saturated carbocycles. The van der Waals surface area contributed by atoms with E-state index in [2.05, 4.69) is 129 Å². The van der Waals surface area contributed by atoms with Crippen molar-refractivity contribution in [1.82, 2.24) is 9.13 Å². The maximum Gasteiger partial charge on any atom is 0.0924 e. The van der Waals surface area contributed by atoms with Crippen molar-refractivity contribution in [1.29, 1.82) is 0 Å². The van der Waals surface area contributed by atoms with Gasteiger partial charge in [-0.05, 0) is 59.7 Å². The van der Waals surface area contributed by atoms with Gasteiger partial charge in [-0.2, -0.15) is 0 Å². The summed E-state index contributed by atoms with van der Waals surface area (Å²) < 4.78 is 4.58. The van der Waals surface area contributed by atoms with Crippen molar-refractivity contribution < 1.29 is 0 Å². The molecule has 4 nitrogen and oxygen atoms in total. The number of nitrogens with one attached hydrogen (secondary N) is 2. The maximum atomic E-state index is 3.74. The minimum Gasteiger partial charge on any atom is -0.371 e. The van der Waals surface area contributed by atoms with E-state index in [0.29, 0.717) is 0 Å². The molecule has 2 aliphatic heterocycles. The van der Waals surface area contributed by atoms with Gasteiger partial charge in [-0.3, -0.25) is 0 Å². The molecule has 154 valence electrons. The quantitative estimate of drug-likeness (QED) is 0.356. The van der Waals surface area contributed by atoms with Crippen LogP contribution < -0.4 is 10.6 Å². The van der Waals surface area contributed by atoms with Crippen LogP contribution in [0.3, 0.4) is 0 Å². The van der Waals surface area contributed by atoms with E-state index in [1.165, 1.54) is 33.9 Å². The van der Waals surface area contributed by atoms with Gasteiger partial charge in [0.2, 0.25) is 0 Å². The van der Waals surface area contributed by atoms with Gasteiger partial charge in [0.05, 0.1) is 34.8 Å². The standard InChI is InChI=1S/C28H22N4/c1-3-9-23-21(7-1)29-27(25-11-5-17-31(23)25)19-13-15-20(16-14-19)28-26-12-6-18-32(26)24-10-4-2-8-22(24)30-28/h1-18,27-30H. The van der Waals surface area contributed by atoms with E-state index in [4.69, 9.17) is 0 Å². The van der Waals surface area contributed by atoms with Crippen LogP contribution >= 0.6 is 0 Å². The molecule has 2 aromatic heterocycles. The van der Waals surface area contributed by atoms with Crippen molar-refractivity contribution in [2.75, 3.05) is 10.6 Å². The highest BCUT2D eigenvalue weighted by Crippen LogP contribution is 2.39. The van der Waals surface area contributed by atoms with Gasteiger partial charge in [-0.15, -0.1) is 0 Å². The number of anilines is 2. The Morgan fingerprint density at radius 2 is 0.906 bits per heavy atom. The molecule has 0 aliphatic carbocycles. The zero-order valence-electron chi connectivity index (χ0n) is 17.4. The Labute approximate surface area is 186 Å². The summed E-state index contributed by atoms with van der Waals surface area (Å²) in [7, 11) is 0. The maximum absolute atomic E-state index is 3.74. The summed E-state index contributed by atoms with van der Waals surface area (Å²) in [5, 5.41) is 7.48. The molecule has 2 N–H and O–H groups in total. The number of nitrogens with zero attached hydrogens (tertiary/aromatic N) is 2. The normalized spacial score (nSPS) is 17.9. The van der Waals surface area contributed by atoms with E-state index in [1.807, 2.05) is 0 Å². The predicted molar refractivity (Wildman–Crippen MR) is 129 cm³/mol. The van der Waals surface area contributed by atoms with E-state index in [1.54, 1.807) is 0 Å². The van der Waals surface area contributed by atoms with Crippen LogP contribution in [0.4, 0.5) is 11.4 Å². The van der Waals surface area contributed by atoms with Crippen LogP contribution in [0.2, 0.25) is 0 Å². The lowest BCUT2D eigenvalue weighted by atomic mass is 9.95. The van der Waals surface area contributed by atoms with Crippen LogP contribution in [0, 0.1) is 0 Å². The van der Waals surface area contributed by atoms with Gasteiger partial charge in [0, 0.05) is 23.8 Å². The molecule has 0 radical (unpaired) electrons. The highest BCUT2D eigenvalue weighted by molar-refractivity contribution is 5.68. The number of hydrogen-bond donors (Lipinski definition) is 2. The minimum absolute atomic E-state index is 0.123. The van der Waals surface area contributed by atoms with Gasteiger partial charge in [-0.1, -0.05) is 48.5 Å². The van der Waals surface area contributed by atoms with Crippen molar-refractivity contribution in [2.45, 2.75) is 12.1 Å². The molecular formula is C28H22N4. The van der Waals surface area contributed by atoms with Gasteiger partial charge >= 0.3 is 0 Å². The molecule has 0 bridgehead atoms. The monoisotopic (exact) mass is 414 g/mol. The van der Waals surface area contributed by atoms with Crippen molar-refractivity contribution >= 4 is 11.4 Å². The lowest BCUT2D eigenvalue weighted by Gasteiger charge is -2.31. The molecule has 2 atom stereocenters. The summed E-state index contributed by atoms with van der Waals surface area (Å²) in [4.78, 5) is 0. The molecule has 0 spiro atoms. The summed E-state index contributed by atoms with van der Waals surface area (Å²) in [6.45, 7) is 0. The number of rotatable bonds is 2. The van der Waals surface area contributed by atoms with Crippen LogP contribution in [0.15, 0.2) is 109 Å². The highest BCUT2D eigenvalue weighted by Gasteiger charge is 2.27. The Hall–Kier alpha value is -4.18. The van der Waals surface area contributed by atoms with E-state index in [9.17, 15) is 0 Å². The largest absolute Gasteiger partial charge is 0.371 e. The summed E-state index contributed by atoms with van der Waals surface area (Å²) in [5.41, 5.74) is 9.76. The average molecular weight is 415 g/mol. The zero-order valence-corrected chi connectivity index (χ0v) is 17.4. The Morgan fingerprint density at radius 3 is 1.38 bits per heavy atom. The number of fused-ring (bicyclic) bond motifs is 6. The Balaban J connectivity index is 1.25. The molecular weight excluding hydrogens is 392 g/mol. The molecule has 7 rings (SSSR count). The molecule has 2 unspecified atom stereocenters. The molecule has 4 heteroatoms. The number of benzene rings is 3. The first-order valence-electron chi connectivity index (χ1n) is 11.0. The first-order valence-corrected chi connectivity index (χ1v) is 11.0. The highest BCUT2D eigenvalue weighted by atomic mass is 15.1. The van der Waals surface area contributed by atoms with Gasteiger partial charge in [0.25, 0.3) is 0 Å². The van der Waals surface area contributed by atoms with Crippen molar-refractivity contribution in [2.24, 2.45) is 0 Å². The van der Waals surface area contributed by atoms with Crippen molar-refractivity contribution in [3.05, 3.63) is 132 Å². The first-order chi connectivity index (χ1) is 15.9. The van der Waals surface area contributed by atoms with E-state index in [0.717, 1.165) is 11.4 Å². The van der Waals surface area contributed by atoms with Crippen molar-refractivity contribution in [3.63, 3.8) is 0 Å². The first kappa shape index (κ1) is 17.5. The average Bonchev–Trinajstić information content (AvgIpc) is 3.54. The fourth-order valence-electron chi connectivity index (χ4n) is 5.16. The minimum atomic E-state index is 0.123. The second kappa shape index (κ2) is 6.66. The molecule has 32 heavy (non-hydrogen) atoms. The molecule has 2 aliphatic rings. The zero-order chi connectivity index (χ0) is 21.1. The lowest BCUT2D eigenvalue weighted by molar-refractivity contribution is 0.797. The molecule has 5 aromatic rings. The second-order valence-corrected chi connectivity index (χ2v) is 8.46. The molecule has 0 fully saturated rings. The Morgan fingerprint density at radius 1 is 0.469 bits per heavy atom.